The number of ketones is 1. The molecule has 2 N–H and O–H groups in total. The van der Waals surface area contributed by atoms with Crippen molar-refractivity contribution < 1.29 is 14.7 Å². The van der Waals surface area contributed by atoms with Crippen molar-refractivity contribution in [2.24, 2.45) is 5.92 Å². The normalized spacial score (nSPS) is 13.5. The second kappa shape index (κ2) is 7.62. The van der Waals surface area contributed by atoms with Gasteiger partial charge in [-0.3, -0.25) is 0 Å². The topological polar surface area (TPSA) is 79.3 Å². The van der Waals surface area contributed by atoms with Gasteiger partial charge in [0.15, 0.2) is 0 Å². The molecule has 0 spiro atoms. The number of hydrogen-bond donors (Lipinski definition) is 2. The first-order valence-corrected chi connectivity index (χ1v) is 8.67. The highest BCUT2D eigenvalue weighted by Gasteiger charge is 2.20. The largest absolute Gasteiger partial charge is 0.392 e. The molecular weight excluding hydrogens is 328 g/mol. The minimum atomic E-state index is -0.407. The third kappa shape index (κ3) is 3.44. The first-order chi connectivity index (χ1) is 12.5. The number of nitrogens with zero attached hydrogens (tertiary/aromatic N) is 1. The molecule has 5 heteroatoms. The molecule has 0 saturated carbocycles. The molecule has 0 radical (unpaired) electrons. The van der Waals surface area contributed by atoms with E-state index in [1.807, 2.05) is 49.4 Å². The van der Waals surface area contributed by atoms with Gasteiger partial charge < -0.3 is 20.0 Å². The Hall–Kier alpha value is -2.79. The van der Waals surface area contributed by atoms with Gasteiger partial charge in [-0.15, -0.1) is 0 Å². The molecule has 134 valence electrons. The minimum absolute atomic E-state index is 0.0113. The number of rotatable bonds is 7. The van der Waals surface area contributed by atoms with Crippen molar-refractivity contribution >= 4 is 39.6 Å². The summed E-state index contributed by atoms with van der Waals surface area (Å²) in [6, 6.07) is 13.2. The quantitative estimate of drug-likeness (QED) is 0.504. The Balaban J connectivity index is 2.15. The maximum atomic E-state index is 11.5. The van der Waals surface area contributed by atoms with Crippen LogP contribution in [0.4, 0.5) is 5.69 Å². The molecule has 2 atom stereocenters. The molecule has 0 aliphatic rings. The van der Waals surface area contributed by atoms with Crippen molar-refractivity contribution in [2.75, 3.05) is 5.32 Å². The molecule has 1 aromatic heterocycles. The summed E-state index contributed by atoms with van der Waals surface area (Å²) < 4.78 is 0. The summed E-state index contributed by atoms with van der Waals surface area (Å²) in [6.07, 6.45) is 1.05. The zero-order valence-electron chi connectivity index (χ0n) is 14.9. The van der Waals surface area contributed by atoms with Gasteiger partial charge >= 0.3 is 0 Å². The predicted octanol–water partition coefficient (Wildman–Crippen LogP) is 3.47. The fourth-order valence-corrected chi connectivity index (χ4v) is 3.27. The Labute approximate surface area is 152 Å². The molecule has 0 aliphatic heterocycles. The van der Waals surface area contributed by atoms with Crippen LogP contribution in [0.2, 0.25) is 0 Å². The number of aromatic nitrogens is 1. The van der Waals surface area contributed by atoms with E-state index in [1.165, 1.54) is 6.92 Å². The molecule has 0 aliphatic carbocycles. The van der Waals surface area contributed by atoms with Crippen LogP contribution in [0.1, 0.15) is 25.8 Å². The highest BCUT2D eigenvalue weighted by atomic mass is 16.3. The lowest BCUT2D eigenvalue weighted by Crippen LogP contribution is -2.29. The number of aldehydes is 1. The van der Waals surface area contributed by atoms with Crippen LogP contribution in [0.25, 0.3) is 21.8 Å². The molecular formula is C21H22N2O3. The fraction of sp³-hybridized carbons (Fsp3) is 0.286. The Morgan fingerprint density at radius 3 is 2.62 bits per heavy atom. The molecule has 0 bridgehead atoms. The van der Waals surface area contributed by atoms with E-state index in [2.05, 4.69) is 5.32 Å². The van der Waals surface area contributed by atoms with E-state index < -0.39 is 5.92 Å². The van der Waals surface area contributed by atoms with Crippen LogP contribution in [0.5, 0.6) is 0 Å². The number of hydrogen-bond acceptors (Lipinski definition) is 5. The zero-order chi connectivity index (χ0) is 18.7. The summed E-state index contributed by atoms with van der Waals surface area (Å²) in [7, 11) is 0. The number of anilines is 1. The lowest BCUT2D eigenvalue weighted by atomic mass is 9.96. The van der Waals surface area contributed by atoms with Gasteiger partial charge in [0, 0.05) is 34.7 Å². The van der Waals surface area contributed by atoms with Gasteiger partial charge in [0.2, 0.25) is 0 Å². The average molecular weight is 350 g/mol. The summed E-state index contributed by atoms with van der Waals surface area (Å²) in [6.45, 7) is 3.30. The fourth-order valence-electron chi connectivity index (χ4n) is 3.27. The van der Waals surface area contributed by atoms with Crippen LogP contribution in [0.3, 0.4) is 0 Å². The summed E-state index contributed by atoms with van der Waals surface area (Å²) in [4.78, 5) is 27.6. The number of fused-ring (bicyclic) bond motifs is 2. The number of carbonyl (C=O) groups excluding carboxylic acids is 2. The highest BCUT2D eigenvalue weighted by Crippen LogP contribution is 2.33. The number of pyridine rings is 1. The van der Waals surface area contributed by atoms with Gasteiger partial charge in [-0.1, -0.05) is 36.4 Å². The summed E-state index contributed by atoms with van der Waals surface area (Å²) in [5.41, 5.74) is 3.16. The number of nitrogens with one attached hydrogen (secondary N) is 1. The van der Waals surface area contributed by atoms with Gasteiger partial charge in [0.1, 0.15) is 12.1 Å². The Kier molecular flexibility index (Phi) is 5.28. The third-order valence-corrected chi connectivity index (χ3v) is 4.68. The molecule has 3 rings (SSSR count). The zero-order valence-corrected chi connectivity index (χ0v) is 14.9. The molecule has 2 aromatic carbocycles. The van der Waals surface area contributed by atoms with Gasteiger partial charge in [-0.05, 0) is 19.9 Å². The van der Waals surface area contributed by atoms with Gasteiger partial charge in [-0.2, -0.15) is 0 Å². The number of benzene rings is 2. The van der Waals surface area contributed by atoms with Crippen LogP contribution >= 0.6 is 0 Å². The smallest absolute Gasteiger partial charge is 0.130 e. The van der Waals surface area contributed by atoms with E-state index in [1.54, 1.807) is 0 Å². The standard InChI is InChI=1S/C21H22N2O3/c1-13(26)10-16(12-25)14(2)22-21-17-7-3-4-9-19(17)23-20-15(11-24)6-5-8-18(20)21/h3-9,12,14,16,24H,10-11H2,1-2H3,(H,22,23). The Bertz CT molecular complexity index is 968. The van der Waals surface area contributed by atoms with Gasteiger partial charge in [-0.25, -0.2) is 4.98 Å². The average Bonchev–Trinajstić information content (AvgIpc) is 2.65. The van der Waals surface area contributed by atoms with Crippen molar-refractivity contribution in [1.29, 1.82) is 0 Å². The van der Waals surface area contributed by atoms with E-state index in [9.17, 15) is 14.7 Å². The van der Waals surface area contributed by atoms with E-state index in [0.29, 0.717) is 0 Å². The van der Waals surface area contributed by atoms with E-state index in [4.69, 9.17) is 4.98 Å². The van der Waals surface area contributed by atoms with E-state index in [-0.39, 0.29) is 24.9 Å². The van der Waals surface area contributed by atoms with Crippen LogP contribution < -0.4 is 5.32 Å². The molecule has 5 nitrogen and oxygen atoms in total. The van der Waals surface area contributed by atoms with Crippen LogP contribution in [-0.4, -0.2) is 28.2 Å². The monoisotopic (exact) mass is 350 g/mol. The number of aliphatic hydroxyl groups is 1. The number of Topliss-reactive ketones (excluding diaryl/α,β-unsaturated/α-hetero) is 1. The Morgan fingerprint density at radius 1 is 1.19 bits per heavy atom. The SMILES string of the molecule is CC(=O)CC(C=O)C(C)Nc1c2ccccc2nc2c(CO)cccc12. The Morgan fingerprint density at radius 2 is 1.92 bits per heavy atom. The van der Waals surface area contributed by atoms with Crippen LogP contribution in [0.15, 0.2) is 42.5 Å². The van der Waals surface area contributed by atoms with Gasteiger partial charge in [0.05, 0.1) is 23.3 Å². The minimum Gasteiger partial charge on any atom is -0.392 e. The molecule has 0 fully saturated rings. The van der Waals surface area contributed by atoms with E-state index >= 15 is 0 Å². The number of para-hydroxylation sites is 2. The molecule has 3 aromatic rings. The number of carbonyl (C=O) groups is 2. The molecule has 2 unspecified atom stereocenters. The van der Waals surface area contributed by atoms with Crippen molar-refractivity contribution in [3.05, 3.63) is 48.0 Å². The molecule has 1 heterocycles. The maximum absolute atomic E-state index is 11.5. The third-order valence-electron chi connectivity index (χ3n) is 4.68. The molecule has 0 amide bonds. The summed E-state index contributed by atoms with van der Waals surface area (Å²) in [5.74, 6) is -0.418. The van der Waals surface area contributed by atoms with Crippen LogP contribution in [0, 0.1) is 5.92 Å². The molecule has 26 heavy (non-hydrogen) atoms. The summed E-state index contributed by atoms with van der Waals surface area (Å²) in [5, 5.41) is 14.9. The molecule has 0 saturated heterocycles. The maximum Gasteiger partial charge on any atom is 0.130 e. The van der Waals surface area contributed by atoms with Crippen molar-refractivity contribution in [3.8, 4) is 0 Å². The van der Waals surface area contributed by atoms with Crippen molar-refractivity contribution in [1.82, 2.24) is 4.98 Å². The van der Waals surface area contributed by atoms with E-state index in [0.717, 1.165) is 39.3 Å². The number of aliphatic hydroxyl groups excluding tert-OH is 1. The second-order valence-electron chi connectivity index (χ2n) is 6.61. The van der Waals surface area contributed by atoms with Gasteiger partial charge in [0.25, 0.3) is 0 Å². The second-order valence-corrected chi connectivity index (χ2v) is 6.61. The first kappa shape index (κ1) is 18.0. The summed E-state index contributed by atoms with van der Waals surface area (Å²) >= 11 is 0. The lowest BCUT2D eigenvalue weighted by molar-refractivity contribution is -0.121. The van der Waals surface area contributed by atoms with Crippen molar-refractivity contribution in [3.63, 3.8) is 0 Å². The van der Waals surface area contributed by atoms with Crippen LogP contribution in [-0.2, 0) is 16.2 Å². The lowest BCUT2D eigenvalue weighted by Gasteiger charge is -2.23. The predicted molar refractivity (Wildman–Crippen MR) is 103 cm³/mol. The first-order valence-electron chi connectivity index (χ1n) is 8.67. The highest BCUT2D eigenvalue weighted by molar-refractivity contribution is 6.08. The van der Waals surface area contributed by atoms with Crippen molar-refractivity contribution in [2.45, 2.75) is 32.9 Å².